The van der Waals surface area contributed by atoms with Crippen LogP contribution in [-0.4, -0.2) is 24.9 Å². The first kappa shape index (κ1) is 21.0. The van der Waals surface area contributed by atoms with Crippen LogP contribution in [0.15, 0.2) is 0 Å². The zero-order chi connectivity index (χ0) is 17.5. The van der Waals surface area contributed by atoms with Gasteiger partial charge in [0.15, 0.2) is 0 Å². The lowest BCUT2D eigenvalue weighted by molar-refractivity contribution is -0.0649. The lowest BCUT2D eigenvalue weighted by Gasteiger charge is -2.33. The maximum absolute atomic E-state index is 6.47. The van der Waals surface area contributed by atoms with E-state index in [2.05, 4.69) is 48.5 Å². The molecule has 0 saturated heterocycles. The summed E-state index contributed by atoms with van der Waals surface area (Å²) in [5.74, 6) is 1.19. The van der Waals surface area contributed by atoms with Crippen LogP contribution in [0.3, 0.4) is 0 Å². The van der Waals surface area contributed by atoms with Gasteiger partial charge in [0.25, 0.3) is 0 Å². The second-order valence-electron chi connectivity index (χ2n) is 9.14. The third kappa shape index (κ3) is 8.54. The summed E-state index contributed by atoms with van der Waals surface area (Å²) in [4.78, 5) is 0. The Balaban J connectivity index is 2.40. The topological polar surface area (TPSA) is 18.5 Å². The fourth-order valence-corrected chi connectivity index (χ4v) is 3.16. The third-order valence-corrected chi connectivity index (χ3v) is 5.44. The first-order chi connectivity index (χ1) is 10.7. The molecule has 1 unspecified atom stereocenters. The van der Waals surface area contributed by atoms with Gasteiger partial charge in [-0.1, -0.05) is 60.8 Å². The molecule has 0 aliphatic heterocycles. The third-order valence-electron chi connectivity index (χ3n) is 5.44. The number of hydrogen-bond donors (Lipinski definition) is 0. The molecule has 0 radical (unpaired) electrons. The minimum Gasteiger partial charge on any atom is -0.378 e. The second-order valence-corrected chi connectivity index (χ2v) is 9.14. The van der Waals surface area contributed by atoms with Gasteiger partial charge < -0.3 is 9.47 Å². The Hall–Kier alpha value is -0.0800. The molecule has 0 aromatic heterocycles. The average molecular weight is 327 g/mol. The highest BCUT2D eigenvalue weighted by Crippen LogP contribution is 2.30. The van der Waals surface area contributed by atoms with Crippen LogP contribution < -0.4 is 0 Å². The molecule has 0 heterocycles. The summed E-state index contributed by atoms with van der Waals surface area (Å²) in [5.41, 5.74) is 0.228. The van der Waals surface area contributed by atoms with Crippen molar-refractivity contribution < 1.29 is 9.47 Å². The van der Waals surface area contributed by atoms with E-state index < -0.39 is 0 Å². The van der Waals surface area contributed by atoms with Crippen LogP contribution in [0, 0.1) is 17.3 Å². The van der Waals surface area contributed by atoms with Crippen molar-refractivity contribution in [1.82, 2.24) is 0 Å². The lowest BCUT2D eigenvalue weighted by Crippen LogP contribution is -2.31. The van der Waals surface area contributed by atoms with Gasteiger partial charge >= 0.3 is 0 Å². The van der Waals surface area contributed by atoms with Crippen molar-refractivity contribution in [1.29, 1.82) is 0 Å². The van der Waals surface area contributed by atoms with Crippen molar-refractivity contribution in [2.45, 2.75) is 112 Å². The zero-order valence-corrected chi connectivity index (χ0v) is 16.9. The van der Waals surface area contributed by atoms with Crippen molar-refractivity contribution in [3.8, 4) is 0 Å². The van der Waals surface area contributed by atoms with Crippen molar-refractivity contribution >= 4 is 0 Å². The van der Waals surface area contributed by atoms with Crippen LogP contribution in [-0.2, 0) is 9.47 Å². The van der Waals surface area contributed by atoms with E-state index >= 15 is 0 Å². The maximum Gasteiger partial charge on any atom is 0.0602 e. The predicted molar refractivity (Wildman–Crippen MR) is 99.9 cm³/mol. The highest BCUT2D eigenvalue weighted by atomic mass is 16.5. The molecule has 0 bridgehead atoms. The molecular formula is C21H42O2. The number of hydrogen-bond acceptors (Lipinski definition) is 2. The van der Waals surface area contributed by atoms with E-state index in [9.17, 15) is 0 Å². The lowest BCUT2D eigenvalue weighted by atomic mass is 9.85. The fraction of sp³-hybridized carbons (Fsp3) is 1.00. The van der Waals surface area contributed by atoms with E-state index in [4.69, 9.17) is 9.47 Å². The monoisotopic (exact) mass is 326 g/mol. The Morgan fingerprint density at radius 1 is 0.913 bits per heavy atom. The van der Waals surface area contributed by atoms with Crippen LogP contribution >= 0.6 is 0 Å². The molecule has 1 aliphatic carbocycles. The number of rotatable bonds is 10. The fourth-order valence-electron chi connectivity index (χ4n) is 3.16. The van der Waals surface area contributed by atoms with Crippen molar-refractivity contribution in [3.63, 3.8) is 0 Å². The molecule has 0 aromatic rings. The van der Waals surface area contributed by atoms with Gasteiger partial charge in [-0.05, 0) is 49.9 Å². The second kappa shape index (κ2) is 10.0. The smallest absolute Gasteiger partial charge is 0.0602 e. The van der Waals surface area contributed by atoms with E-state index in [1.165, 1.54) is 38.5 Å². The molecule has 1 fully saturated rings. The van der Waals surface area contributed by atoms with Gasteiger partial charge in [-0.3, -0.25) is 0 Å². The van der Waals surface area contributed by atoms with Gasteiger partial charge in [-0.25, -0.2) is 0 Å². The average Bonchev–Trinajstić information content (AvgIpc) is 2.49. The molecule has 2 atom stereocenters. The molecular weight excluding hydrogens is 284 g/mol. The minimum atomic E-state index is 0.228. The van der Waals surface area contributed by atoms with Crippen molar-refractivity contribution in [3.05, 3.63) is 0 Å². The Labute approximate surface area is 145 Å². The Morgan fingerprint density at radius 2 is 1.52 bits per heavy atom. The van der Waals surface area contributed by atoms with E-state index in [1.54, 1.807) is 0 Å². The molecule has 0 aromatic carbocycles. The summed E-state index contributed by atoms with van der Waals surface area (Å²) in [5, 5.41) is 0. The Morgan fingerprint density at radius 3 is 2.04 bits per heavy atom. The molecule has 1 saturated carbocycles. The maximum atomic E-state index is 6.47. The van der Waals surface area contributed by atoms with Crippen LogP contribution in [0.25, 0.3) is 0 Å². The molecule has 138 valence electrons. The van der Waals surface area contributed by atoms with E-state index in [1.807, 2.05) is 0 Å². The SMILES string of the molecule is CC(C)C(CCC(C)(C)CO[C@@H](C)C(C)C)OC1CCCCC1. The zero-order valence-electron chi connectivity index (χ0n) is 16.9. The predicted octanol–water partition coefficient (Wildman–Crippen LogP) is 6.23. The van der Waals surface area contributed by atoms with Crippen LogP contribution in [0.2, 0.25) is 0 Å². The molecule has 2 nitrogen and oxygen atoms in total. The minimum absolute atomic E-state index is 0.228. The molecule has 0 spiro atoms. The van der Waals surface area contributed by atoms with E-state index in [-0.39, 0.29) is 5.41 Å². The van der Waals surface area contributed by atoms with Gasteiger partial charge in [0.1, 0.15) is 0 Å². The molecule has 0 N–H and O–H groups in total. The van der Waals surface area contributed by atoms with E-state index in [0.29, 0.717) is 30.1 Å². The summed E-state index contributed by atoms with van der Waals surface area (Å²) >= 11 is 0. The van der Waals surface area contributed by atoms with Crippen LogP contribution in [0.4, 0.5) is 0 Å². The molecule has 1 rings (SSSR count). The van der Waals surface area contributed by atoms with Gasteiger partial charge in [-0.15, -0.1) is 0 Å². The summed E-state index contributed by atoms with van der Waals surface area (Å²) < 4.78 is 12.5. The first-order valence-corrected chi connectivity index (χ1v) is 9.98. The largest absolute Gasteiger partial charge is 0.378 e. The van der Waals surface area contributed by atoms with Crippen LogP contribution in [0.1, 0.15) is 93.4 Å². The standard InChI is InChI=1S/C21H42O2/c1-16(2)18(5)22-15-21(6,7)14-13-20(17(3)4)23-19-11-9-8-10-12-19/h16-20H,8-15H2,1-7H3/t18-,20?/m0/s1. The van der Waals surface area contributed by atoms with Gasteiger partial charge in [-0.2, -0.15) is 0 Å². The highest BCUT2D eigenvalue weighted by molar-refractivity contribution is 4.75. The summed E-state index contributed by atoms with van der Waals surface area (Å²) in [6.45, 7) is 16.8. The summed E-state index contributed by atoms with van der Waals surface area (Å²) in [6.07, 6.45) is 10.2. The normalized spacial score (nSPS) is 20.2. The van der Waals surface area contributed by atoms with Gasteiger partial charge in [0, 0.05) is 0 Å². The van der Waals surface area contributed by atoms with Crippen LogP contribution in [0.5, 0.6) is 0 Å². The van der Waals surface area contributed by atoms with Gasteiger partial charge in [0.2, 0.25) is 0 Å². The van der Waals surface area contributed by atoms with Gasteiger partial charge in [0.05, 0.1) is 24.9 Å². The molecule has 2 heteroatoms. The quantitative estimate of drug-likeness (QED) is 0.474. The summed E-state index contributed by atoms with van der Waals surface area (Å²) in [6, 6.07) is 0. The summed E-state index contributed by atoms with van der Waals surface area (Å²) in [7, 11) is 0. The first-order valence-electron chi connectivity index (χ1n) is 9.98. The molecule has 1 aliphatic rings. The Kier molecular flexibility index (Phi) is 9.15. The highest BCUT2D eigenvalue weighted by Gasteiger charge is 2.26. The molecule has 0 amide bonds. The number of ether oxygens (including phenoxy) is 2. The van der Waals surface area contributed by atoms with Crippen molar-refractivity contribution in [2.75, 3.05) is 6.61 Å². The van der Waals surface area contributed by atoms with Crippen molar-refractivity contribution in [2.24, 2.45) is 17.3 Å². The van der Waals surface area contributed by atoms with E-state index in [0.717, 1.165) is 13.0 Å². The Bertz CT molecular complexity index is 303. The molecule has 23 heavy (non-hydrogen) atoms.